The average Bonchev–Trinajstić information content (AvgIpc) is 2.86. The molecule has 1 aromatic heterocycles. The third-order valence-corrected chi connectivity index (χ3v) is 5.79. The van der Waals surface area contributed by atoms with Crippen LogP contribution < -0.4 is 11.1 Å². The largest absolute Gasteiger partial charge is 0.383 e. The Kier molecular flexibility index (Phi) is 8.08. The molecule has 4 rings (SSSR count). The predicted octanol–water partition coefficient (Wildman–Crippen LogP) is 6.93. The van der Waals surface area contributed by atoms with Gasteiger partial charge in [-0.15, -0.1) is 0 Å². The molecule has 2 aromatic rings. The minimum absolute atomic E-state index is 0.327. The molecule has 176 valence electrons. The van der Waals surface area contributed by atoms with Crippen LogP contribution in [-0.2, 0) is 0 Å². The normalized spacial score (nSPS) is 14.6. The first kappa shape index (κ1) is 25.3. The highest BCUT2D eigenvalue weighted by molar-refractivity contribution is 6.32. The summed E-state index contributed by atoms with van der Waals surface area (Å²) in [5, 5.41) is 12.4. The van der Waals surface area contributed by atoms with Gasteiger partial charge in [-0.1, -0.05) is 62.5 Å². The molecule has 1 aromatic carbocycles. The van der Waals surface area contributed by atoms with Crippen LogP contribution in [0.25, 0.3) is 17.3 Å². The summed E-state index contributed by atoms with van der Waals surface area (Å²) >= 11 is 6.37. The zero-order chi connectivity index (χ0) is 25.5. The Morgan fingerprint density at radius 3 is 2.71 bits per heavy atom. The Balaban J connectivity index is 0.000000211. The lowest BCUT2D eigenvalue weighted by atomic mass is 9.97. The molecule has 2 aliphatic heterocycles. The second kappa shape index (κ2) is 11.2. The molecule has 2 aliphatic rings. The van der Waals surface area contributed by atoms with Crippen LogP contribution in [0.5, 0.6) is 0 Å². The van der Waals surface area contributed by atoms with E-state index in [0.717, 1.165) is 34.0 Å². The highest BCUT2D eigenvalue weighted by Crippen LogP contribution is 2.40. The van der Waals surface area contributed by atoms with E-state index in [2.05, 4.69) is 59.0 Å². The lowest BCUT2D eigenvalue weighted by molar-refractivity contribution is 0.596. The number of hydrogen-bond donors (Lipinski definition) is 2. The molecule has 35 heavy (non-hydrogen) atoms. The SMILES string of the molecule is C=C/C(=C\C=C/C)N1C(=C)c2c(Cl)cccc2C=C1CC.C=C1C(C#N)=CNc2ncnc(N)c21. The maximum absolute atomic E-state index is 8.78. The topological polar surface area (TPSA) is 90.9 Å². The predicted molar refractivity (Wildman–Crippen MR) is 146 cm³/mol. The maximum Gasteiger partial charge on any atom is 0.143 e. The van der Waals surface area contributed by atoms with E-state index in [1.54, 1.807) is 6.20 Å². The quantitative estimate of drug-likeness (QED) is 0.459. The number of nitriles is 1. The first-order valence-corrected chi connectivity index (χ1v) is 11.4. The monoisotopic (exact) mass is 482 g/mol. The standard InChI is InChI=1S/C19H20ClN.C9H7N5/c1-5-8-11-16(6-2)21-14(4)19-15(13-17(21)7-3)10-9-12-18(19)20;1-5-6(2-10)3-12-9-7(5)8(11)13-4-14-9/h5-6,8-13H,2,4,7H2,1,3H3;3-4H,1H2,(H3,11,12,13,14)/b8-5-,16-11+;. The number of halogens is 1. The highest BCUT2D eigenvalue weighted by Gasteiger charge is 2.24. The molecule has 0 fully saturated rings. The number of fused-ring (bicyclic) bond motifs is 2. The van der Waals surface area contributed by atoms with E-state index in [0.29, 0.717) is 28.3 Å². The fraction of sp³-hybridized carbons (Fsp3) is 0.107. The number of benzene rings is 1. The van der Waals surface area contributed by atoms with Gasteiger partial charge in [0.25, 0.3) is 0 Å². The summed E-state index contributed by atoms with van der Waals surface area (Å²) in [5.41, 5.74) is 12.4. The summed E-state index contributed by atoms with van der Waals surface area (Å²) in [7, 11) is 0. The van der Waals surface area contributed by atoms with Crippen LogP contribution in [0.2, 0.25) is 5.02 Å². The first-order valence-electron chi connectivity index (χ1n) is 11.0. The fourth-order valence-electron chi connectivity index (χ4n) is 3.77. The van der Waals surface area contributed by atoms with Gasteiger partial charge in [-0.25, -0.2) is 9.97 Å². The molecule has 0 spiro atoms. The number of hydrogen-bond acceptors (Lipinski definition) is 6. The number of rotatable bonds is 4. The minimum atomic E-state index is 0.327. The van der Waals surface area contributed by atoms with Gasteiger partial charge in [0.15, 0.2) is 0 Å². The van der Waals surface area contributed by atoms with Crippen molar-refractivity contribution in [3.63, 3.8) is 0 Å². The summed E-state index contributed by atoms with van der Waals surface area (Å²) < 4.78 is 0. The van der Waals surface area contributed by atoms with Crippen LogP contribution in [-0.4, -0.2) is 14.9 Å². The second-order valence-corrected chi connectivity index (χ2v) is 7.98. The Labute approximate surface area is 211 Å². The third kappa shape index (κ3) is 5.11. The summed E-state index contributed by atoms with van der Waals surface area (Å²) in [5.74, 6) is 0.912. The van der Waals surface area contributed by atoms with Gasteiger partial charge >= 0.3 is 0 Å². The van der Waals surface area contributed by atoms with E-state index < -0.39 is 0 Å². The van der Waals surface area contributed by atoms with Crippen LogP contribution >= 0.6 is 11.6 Å². The van der Waals surface area contributed by atoms with Crippen molar-refractivity contribution in [3.8, 4) is 6.07 Å². The van der Waals surface area contributed by atoms with Crippen molar-refractivity contribution in [1.82, 2.24) is 14.9 Å². The van der Waals surface area contributed by atoms with E-state index in [9.17, 15) is 0 Å². The molecular formula is C28H27ClN6. The molecule has 3 heterocycles. The Bertz CT molecular complexity index is 1350. The molecule has 0 unspecified atom stereocenters. The van der Waals surface area contributed by atoms with Crippen molar-refractivity contribution in [2.75, 3.05) is 11.1 Å². The molecule has 6 nitrogen and oxygen atoms in total. The van der Waals surface area contributed by atoms with Crippen molar-refractivity contribution in [1.29, 1.82) is 5.26 Å². The summed E-state index contributed by atoms with van der Waals surface area (Å²) in [6, 6.07) is 7.95. The Morgan fingerprint density at radius 2 is 2.06 bits per heavy atom. The van der Waals surface area contributed by atoms with Gasteiger partial charge in [-0.2, -0.15) is 5.26 Å². The summed E-state index contributed by atoms with van der Waals surface area (Å²) in [6.45, 7) is 16.1. The van der Waals surface area contributed by atoms with Gasteiger partial charge in [0.2, 0.25) is 0 Å². The summed E-state index contributed by atoms with van der Waals surface area (Å²) in [4.78, 5) is 9.95. The summed E-state index contributed by atoms with van der Waals surface area (Å²) in [6.07, 6.45) is 13.9. The second-order valence-electron chi connectivity index (χ2n) is 7.57. The van der Waals surface area contributed by atoms with Crippen LogP contribution in [0, 0.1) is 11.3 Å². The van der Waals surface area contributed by atoms with Crippen molar-refractivity contribution in [2.45, 2.75) is 20.3 Å². The van der Waals surface area contributed by atoms with Gasteiger partial charge in [-0.05, 0) is 43.2 Å². The number of aromatic nitrogens is 2. The number of nitrogens with one attached hydrogen (secondary N) is 1. The lowest BCUT2D eigenvalue weighted by Gasteiger charge is -2.34. The third-order valence-electron chi connectivity index (χ3n) is 5.48. The van der Waals surface area contributed by atoms with Crippen LogP contribution in [0.3, 0.4) is 0 Å². The van der Waals surface area contributed by atoms with E-state index in [-0.39, 0.29) is 0 Å². The smallest absolute Gasteiger partial charge is 0.143 e. The van der Waals surface area contributed by atoms with Crippen molar-refractivity contribution >= 4 is 40.6 Å². The minimum Gasteiger partial charge on any atom is -0.383 e. The number of anilines is 2. The average molecular weight is 483 g/mol. The number of allylic oxidation sites excluding steroid dienone is 7. The molecule has 7 heteroatoms. The van der Waals surface area contributed by atoms with Gasteiger partial charge in [0.05, 0.1) is 16.2 Å². The van der Waals surface area contributed by atoms with Crippen molar-refractivity contribution in [3.05, 3.63) is 113 Å². The molecule has 0 radical (unpaired) electrons. The van der Waals surface area contributed by atoms with Gasteiger partial charge in [-0.3, -0.25) is 0 Å². The molecule has 0 bridgehead atoms. The highest BCUT2D eigenvalue weighted by atomic mass is 35.5. The van der Waals surface area contributed by atoms with Gasteiger partial charge < -0.3 is 16.0 Å². The zero-order valence-electron chi connectivity index (χ0n) is 19.8. The van der Waals surface area contributed by atoms with Crippen LogP contribution in [0.15, 0.2) is 91.7 Å². The van der Waals surface area contributed by atoms with E-state index in [4.69, 9.17) is 22.6 Å². The van der Waals surface area contributed by atoms with E-state index in [1.807, 2.05) is 49.4 Å². The zero-order valence-corrected chi connectivity index (χ0v) is 20.6. The number of nitrogen functional groups attached to an aromatic ring is 1. The molecule has 0 saturated carbocycles. The van der Waals surface area contributed by atoms with E-state index >= 15 is 0 Å². The fourth-order valence-corrected chi connectivity index (χ4v) is 4.06. The molecule has 0 amide bonds. The van der Waals surface area contributed by atoms with Crippen LogP contribution in [0.4, 0.5) is 11.6 Å². The molecular weight excluding hydrogens is 456 g/mol. The molecule has 0 saturated heterocycles. The number of nitrogens with two attached hydrogens (primary N) is 1. The van der Waals surface area contributed by atoms with Gasteiger partial charge in [0.1, 0.15) is 24.0 Å². The molecule has 0 atom stereocenters. The van der Waals surface area contributed by atoms with Gasteiger partial charge in [0, 0.05) is 34.4 Å². The lowest BCUT2D eigenvalue weighted by Crippen LogP contribution is -2.23. The van der Waals surface area contributed by atoms with Crippen molar-refractivity contribution in [2.24, 2.45) is 0 Å². The molecule has 0 aliphatic carbocycles. The Morgan fingerprint density at radius 1 is 1.29 bits per heavy atom. The van der Waals surface area contributed by atoms with E-state index in [1.165, 1.54) is 12.0 Å². The van der Waals surface area contributed by atoms with Crippen LogP contribution in [0.1, 0.15) is 37.0 Å². The van der Waals surface area contributed by atoms with Crippen molar-refractivity contribution < 1.29 is 0 Å². The molecule has 3 N–H and O–H groups in total. The Hall–Kier alpha value is -4.34. The number of nitrogens with zero attached hydrogens (tertiary/aromatic N) is 4. The maximum atomic E-state index is 8.78. The first-order chi connectivity index (χ1) is 16.9.